The van der Waals surface area contributed by atoms with Crippen LogP contribution in [0.5, 0.6) is 0 Å². The maximum Gasteiger partial charge on any atom is 0.222 e. The van der Waals surface area contributed by atoms with Crippen LogP contribution in [0.25, 0.3) is 22.2 Å². The third-order valence-corrected chi connectivity index (χ3v) is 4.99. The molecule has 4 rings (SSSR count). The van der Waals surface area contributed by atoms with Gasteiger partial charge >= 0.3 is 0 Å². The predicted molar refractivity (Wildman–Crippen MR) is 113 cm³/mol. The average Bonchev–Trinajstić information content (AvgIpc) is 3.09. The number of imidazole rings is 1. The minimum atomic E-state index is 0.618. The van der Waals surface area contributed by atoms with E-state index >= 15 is 0 Å². The summed E-state index contributed by atoms with van der Waals surface area (Å²) in [6, 6.07) is 8.43. The third-order valence-electron chi connectivity index (χ3n) is 4.99. The van der Waals surface area contributed by atoms with Gasteiger partial charge in [-0.15, -0.1) is 0 Å². The lowest BCUT2D eigenvalue weighted by atomic mass is 10.0. The molecule has 0 aliphatic rings. The lowest BCUT2D eigenvalue weighted by Crippen LogP contribution is -2.16. The largest absolute Gasteiger partial charge is 0.357 e. The van der Waals surface area contributed by atoms with Crippen LogP contribution in [0, 0.1) is 0 Å². The second-order valence-corrected chi connectivity index (χ2v) is 6.64. The fraction of sp³-hybridized carbons (Fsp3) is 0.238. The minimum Gasteiger partial charge on any atom is -0.357 e. The number of pyridine rings is 1. The zero-order valence-electron chi connectivity index (χ0n) is 16.5. The number of benzene rings is 1. The van der Waals surface area contributed by atoms with E-state index in [9.17, 15) is 0 Å². The van der Waals surface area contributed by atoms with Crippen LogP contribution in [-0.2, 0) is 13.5 Å². The fourth-order valence-electron chi connectivity index (χ4n) is 3.43. The Morgan fingerprint density at radius 1 is 1.07 bits per heavy atom. The van der Waals surface area contributed by atoms with Gasteiger partial charge in [-0.2, -0.15) is 0 Å². The van der Waals surface area contributed by atoms with Crippen molar-refractivity contribution in [2.24, 2.45) is 7.05 Å². The highest BCUT2D eigenvalue weighted by atomic mass is 15.3. The first-order chi connectivity index (χ1) is 13.6. The summed E-state index contributed by atoms with van der Waals surface area (Å²) in [4.78, 5) is 19.7. The van der Waals surface area contributed by atoms with E-state index < -0.39 is 0 Å². The second kappa shape index (κ2) is 7.26. The molecule has 0 saturated carbocycles. The molecular weight excluding hydrogens is 350 g/mol. The van der Waals surface area contributed by atoms with Gasteiger partial charge < -0.3 is 14.8 Å². The van der Waals surface area contributed by atoms with E-state index in [0.29, 0.717) is 5.95 Å². The van der Waals surface area contributed by atoms with Crippen LogP contribution in [-0.4, -0.2) is 38.6 Å². The molecule has 0 amide bonds. The van der Waals surface area contributed by atoms with Crippen molar-refractivity contribution in [1.29, 1.82) is 0 Å². The number of hydrogen-bond donors (Lipinski definition) is 1. The van der Waals surface area contributed by atoms with Crippen LogP contribution in [0.4, 0.5) is 17.6 Å². The predicted octanol–water partition coefficient (Wildman–Crippen LogP) is 3.80. The van der Waals surface area contributed by atoms with Gasteiger partial charge in [-0.3, -0.25) is 4.98 Å². The minimum absolute atomic E-state index is 0.618. The second-order valence-electron chi connectivity index (χ2n) is 6.64. The summed E-state index contributed by atoms with van der Waals surface area (Å²) >= 11 is 0. The molecule has 0 atom stereocenters. The Morgan fingerprint density at radius 3 is 2.54 bits per heavy atom. The summed E-state index contributed by atoms with van der Waals surface area (Å²) in [5.41, 5.74) is 6.42. The topological polar surface area (TPSA) is 71.8 Å². The molecule has 4 aromatic rings. The number of fused-ring (bicyclic) bond motifs is 1. The zero-order chi connectivity index (χ0) is 19.7. The summed E-state index contributed by atoms with van der Waals surface area (Å²) in [5.74, 6) is 1.50. The lowest BCUT2D eigenvalue weighted by Gasteiger charge is -2.22. The molecular formula is C21H23N7. The van der Waals surface area contributed by atoms with Gasteiger partial charge in [0.15, 0.2) is 0 Å². The Balaban J connectivity index is 1.73. The molecule has 1 aromatic carbocycles. The number of nitrogens with one attached hydrogen (secondary N) is 1. The van der Waals surface area contributed by atoms with Gasteiger partial charge in [-0.05, 0) is 35.7 Å². The first-order valence-corrected chi connectivity index (χ1v) is 9.25. The molecule has 28 heavy (non-hydrogen) atoms. The summed E-state index contributed by atoms with van der Waals surface area (Å²) in [7, 11) is 5.89. The van der Waals surface area contributed by atoms with E-state index in [-0.39, 0.29) is 0 Å². The summed E-state index contributed by atoms with van der Waals surface area (Å²) < 4.78 is 2.09. The molecule has 7 nitrogen and oxygen atoms in total. The SMILES string of the molecule is CCc1cc(-c2cnc(NC)nc2)ccc1N(C)c1nc2cnccc2n1C. The smallest absolute Gasteiger partial charge is 0.222 e. The van der Waals surface area contributed by atoms with Crippen molar-refractivity contribution in [3.63, 3.8) is 0 Å². The van der Waals surface area contributed by atoms with E-state index in [1.165, 1.54) is 5.56 Å². The van der Waals surface area contributed by atoms with E-state index in [4.69, 9.17) is 4.98 Å². The first kappa shape index (κ1) is 17.9. The van der Waals surface area contributed by atoms with Gasteiger partial charge in [0, 0.05) is 51.0 Å². The maximum absolute atomic E-state index is 4.76. The monoisotopic (exact) mass is 373 g/mol. The highest BCUT2D eigenvalue weighted by molar-refractivity contribution is 5.80. The van der Waals surface area contributed by atoms with Crippen molar-refractivity contribution in [2.75, 3.05) is 24.3 Å². The molecule has 0 aliphatic carbocycles. The van der Waals surface area contributed by atoms with E-state index in [1.807, 2.05) is 39.6 Å². The Kier molecular flexibility index (Phi) is 4.65. The normalized spacial score (nSPS) is 11.0. The number of nitrogens with zero attached hydrogens (tertiary/aromatic N) is 6. The lowest BCUT2D eigenvalue weighted by molar-refractivity contribution is 0.905. The molecule has 3 aromatic heterocycles. The Morgan fingerprint density at radius 2 is 1.86 bits per heavy atom. The van der Waals surface area contributed by atoms with Gasteiger partial charge in [0.05, 0.1) is 11.7 Å². The quantitative estimate of drug-likeness (QED) is 0.574. The van der Waals surface area contributed by atoms with Crippen molar-refractivity contribution < 1.29 is 0 Å². The van der Waals surface area contributed by atoms with E-state index in [2.05, 4.69) is 54.9 Å². The maximum atomic E-state index is 4.76. The fourth-order valence-corrected chi connectivity index (χ4v) is 3.43. The standard InChI is InChI=1S/C21H23N7/c1-5-14-10-15(16-11-24-20(22-2)25-12-16)6-7-18(14)27(3)21-26-17-13-23-9-8-19(17)28(21)4/h6-13H,5H2,1-4H3,(H,22,24,25). The van der Waals surface area contributed by atoms with Crippen LogP contribution < -0.4 is 10.2 Å². The van der Waals surface area contributed by atoms with Crippen molar-refractivity contribution in [3.05, 3.63) is 54.6 Å². The summed E-state index contributed by atoms with van der Waals surface area (Å²) in [6.45, 7) is 2.16. The van der Waals surface area contributed by atoms with Crippen LogP contribution >= 0.6 is 0 Å². The average molecular weight is 373 g/mol. The molecule has 0 radical (unpaired) electrons. The van der Waals surface area contributed by atoms with Crippen LogP contribution in [0.3, 0.4) is 0 Å². The Bertz CT molecular complexity index is 1120. The third kappa shape index (κ3) is 3.05. The van der Waals surface area contributed by atoms with Crippen LogP contribution in [0.2, 0.25) is 0 Å². The number of hydrogen-bond acceptors (Lipinski definition) is 6. The van der Waals surface area contributed by atoms with Crippen molar-refractivity contribution in [3.8, 4) is 11.1 Å². The molecule has 0 unspecified atom stereocenters. The molecule has 0 bridgehead atoms. The van der Waals surface area contributed by atoms with Gasteiger partial charge in [0.1, 0.15) is 5.52 Å². The van der Waals surface area contributed by atoms with Crippen molar-refractivity contribution >= 4 is 28.6 Å². The molecule has 7 heteroatoms. The molecule has 0 fully saturated rings. The number of rotatable bonds is 5. The summed E-state index contributed by atoms with van der Waals surface area (Å²) in [6.07, 6.45) is 8.19. The molecule has 142 valence electrons. The van der Waals surface area contributed by atoms with Crippen molar-refractivity contribution in [1.82, 2.24) is 24.5 Å². The van der Waals surface area contributed by atoms with E-state index in [1.54, 1.807) is 12.4 Å². The highest BCUT2D eigenvalue weighted by Crippen LogP contribution is 2.32. The number of anilines is 3. The van der Waals surface area contributed by atoms with Gasteiger partial charge in [0.2, 0.25) is 11.9 Å². The molecule has 1 N–H and O–H groups in total. The number of aromatic nitrogens is 5. The summed E-state index contributed by atoms with van der Waals surface area (Å²) in [5, 5.41) is 2.94. The zero-order valence-corrected chi connectivity index (χ0v) is 16.5. The van der Waals surface area contributed by atoms with Gasteiger partial charge in [0.25, 0.3) is 0 Å². The van der Waals surface area contributed by atoms with Crippen LogP contribution in [0.15, 0.2) is 49.1 Å². The van der Waals surface area contributed by atoms with E-state index in [0.717, 1.165) is 40.2 Å². The molecule has 0 aliphatic heterocycles. The Hall–Kier alpha value is -3.48. The van der Waals surface area contributed by atoms with Crippen molar-refractivity contribution in [2.45, 2.75) is 13.3 Å². The highest BCUT2D eigenvalue weighted by Gasteiger charge is 2.16. The first-order valence-electron chi connectivity index (χ1n) is 9.25. The van der Waals surface area contributed by atoms with Crippen LogP contribution in [0.1, 0.15) is 12.5 Å². The van der Waals surface area contributed by atoms with Gasteiger partial charge in [-0.25, -0.2) is 15.0 Å². The molecule has 3 heterocycles. The molecule has 0 saturated heterocycles. The molecule has 0 spiro atoms. The van der Waals surface area contributed by atoms with Gasteiger partial charge in [-0.1, -0.05) is 13.0 Å². The Labute approximate surface area is 164 Å². The number of aryl methyl sites for hydroxylation is 2.